The van der Waals surface area contributed by atoms with Gasteiger partial charge in [-0.25, -0.2) is 14.8 Å². The maximum Gasteiger partial charge on any atom is 0.348 e. The van der Waals surface area contributed by atoms with Crippen LogP contribution in [0.2, 0.25) is 0 Å². The highest BCUT2D eigenvalue weighted by molar-refractivity contribution is 5.81. The van der Waals surface area contributed by atoms with Gasteiger partial charge in [-0.1, -0.05) is 6.07 Å². The minimum absolute atomic E-state index is 0.331. The molecule has 0 atom stereocenters. The number of aliphatic carboxylic acids is 1. The number of ether oxygens (including phenoxy) is 1. The lowest BCUT2D eigenvalue weighted by Crippen LogP contribution is -2.53. The van der Waals surface area contributed by atoms with Crippen molar-refractivity contribution in [1.29, 1.82) is 0 Å². The SMILES string of the molecule is Nc1cc(N2CCC(Oc3ccc4ncccc4c3)(C(=O)O)CC2)ncn1. The molecule has 0 spiro atoms. The van der Waals surface area contributed by atoms with E-state index in [1.54, 1.807) is 18.3 Å². The molecule has 1 aromatic carbocycles. The van der Waals surface area contributed by atoms with Crippen LogP contribution in [0.3, 0.4) is 0 Å². The molecule has 0 saturated carbocycles. The monoisotopic (exact) mass is 365 g/mol. The molecule has 0 unspecified atom stereocenters. The molecular weight excluding hydrogens is 346 g/mol. The lowest BCUT2D eigenvalue weighted by molar-refractivity contribution is -0.157. The van der Waals surface area contributed by atoms with Crippen molar-refractivity contribution < 1.29 is 14.6 Å². The molecule has 1 fully saturated rings. The highest BCUT2D eigenvalue weighted by Crippen LogP contribution is 2.32. The average Bonchev–Trinajstić information content (AvgIpc) is 2.68. The summed E-state index contributed by atoms with van der Waals surface area (Å²) in [6, 6.07) is 10.9. The average molecular weight is 365 g/mol. The number of aromatic nitrogens is 3. The lowest BCUT2D eigenvalue weighted by Gasteiger charge is -2.39. The number of nitrogens with two attached hydrogens (primary N) is 1. The fourth-order valence-corrected chi connectivity index (χ4v) is 3.33. The van der Waals surface area contributed by atoms with Gasteiger partial charge in [-0.2, -0.15) is 0 Å². The Labute approximate surface area is 155 Å². The minimum Gasteiger partial charge on any atom is -0.478 e. The van der Waals surface area contributed by atoms with E-state index in [0.29, 0.717) is 43.3 Å². The molecule has 0 aliphatic carbocycles. The van der Waals surface area contributed by atoms with Crippen LogP contribution in [0, 0.1) is 0 Å². The van der Waals surface area contributed by atoms with Crippen molar-refractivity contribution in [2.45, 2.75) is 18.4 Å². The van der Waals surface area contributed by atoms with Crippen LogP contribution in [0.25, 0.3) is 10.9 Å². The third kappa shape index (κ3) is 3.33. The van der Waals surface area contributed by atoms with Crippen molar-refractivity contribution in [3.63, 3.8) is 0 Å². The van der Waals surface area contributed by atoms with Crippen molar-refractivity contribution in [3.8, 4) is 5.75 Å². The van der Waals surface area contributed by atoms with E-state index < -0.39 is 11.6 Å². The summed E-state index contributed by atoms with van der Waals surface area (Å²) in [6.07, 6.45) is 3.79. The van der Waals surface area contributed by atoms with Gasteiger partial charge in [-0.3, -0.25) is 4.98 Å². The number of anilines is 2. The van der Waals surface area contributed by atoms with Crippen LogP contribution < -0.4 is 15.4 Å². The third-order valence-corrected chi connectivity index (χ3v) is 4.85. The Bertz CT molecular complexity index is 986. The Morgan fingerprint density at radius 2 is 1.96 bits per heavy atom. The predicted octanol–water partition coefficient (Wildman–Crippen LogP) is 2.11. The summed E-state index contributed by atoms with van der Waals surface area (Å²) in [5.74, 6) is 0.641. The van der Waals surface area contributed by atoms with Gasteiger partial charge in [-0.15, -0.1) is 0 Å². The van der Waals surface area contributed by atoms with E-state index >= 15 is 0 Å². The van der Waals surface area contributed by atoms with E-state index in [2.05, 4.69) is 15.0 Å². The van der Waals surface area contributed by atoms with Gasteiger partial charge in [0.1, 0.15) is 23.7 Å². The molecule has 1 aliphatic heterocycles. The third-order valence-electron chi connectivity index (χ3n) is 4.85. The normalized spacial score (nSPS) is 16.2. The standard InChI is InChI=1S/C19H19N5O3/c20-16-11-17(23-12-22-16)24-8-5-19(6-9-24,18(25)26)27-14-3-4-15-13(10-14)2-1-7-21-15/h1-4,7,10-12H,5-6,8-9H2,(H,25,26)(H2,20,22,23). The van der Waals surface area contributed by atoms with E-state index in [9.17, 15) is 9.90 Å². The van der Waals surface area contributed by atoms with E-state index in [1.807, 2.05) is 29.2 Å². The predicted molar refractivity (Wildman–Crippen MR) is 101 cm³/mol. The molecule has 138 valence electrons. The molecule has 2 aromatic heterocycles. The number of rotatable bonds is 4. The number of carbonyl (C=O) groups is 1. The maximum absolute atomic E-state index is 12.0. The summed E-state index contributed by atoms with van der Waals surface area (Å²) in [5.41, 5.74) is 5.28. The summed E-state index contributed by atoms with van der Waals surface area (Å²) in [5, 5.41) is 10.8. The highest BCUT2D eigenvalue weighted by atomic mass is 16.5. The molecular formula is C19H19N5O3. The lowest BCUT2D eigenvalue weighted by atomic mass is 9.91. The number of nitrogen functional groups attached to an aromatic ring is 1. The van der Waals surface area contributed by atoms with Crippen LogP contribution >= 0.6 is 0 Å². The molecule has 27 heavy (non-hydrogen) atoms. The van der Waals surface area contributed by atoms with Crippen LogP contribution in [0.15, 0.2) is 48.9 Å². The zero-order valence-corrected chi connectivity index (χ0v) is 14.6. The summed E-state index contributed by atoms with van der Waals surface area (Å²) >= 11 is 0. The molecule has 0 amide bonds. The summed E-state index contributed by atoms with van der Waals surface area (Å²) in [6.45, 7) is 0.996. The minimum atomic E-state index is -1.27. The number of hydrogen-bond acceptors (Lipinski definition) is 7. The molecule has 4 rings (SSSR count). The number of pyridine rings is 1. The molecule has 0 radical (unpaired) electrons. The Morgan fingerprint density at radius 1 is 1.15 bits per heavy atom. The van der Waals surface area contributed by atoms with Crippen molar-refractivity contribution >= 4 is 28.5 Å². The number of fused-ring (bicyclic) bond motifs is 1. The first-order valence-electron chi connectivity index (χ1n) is 8.65. The fraction of sp³-hybridized carbons (Fsp3) is 0.263. The number of hydrogen-bond donors (Lipinski definition) is 2. The molecule has 1 aliphatic rings. The van der Waals surface area contributed by atoms with Crippen LogP contribution in [-0.4, -0.2) is 44.7 Å². The largest absolute Gasteiger partial charge is 0.478 e. The van der Waals surface area contributed by atoms with E-state index in [4.69, 9.17) is 10.5 Å². The van der Waals surface area contributed by atoms with Crippen molar-refractivity contribution in [2.75, 3.05) is 23.7 Å². The smallest absolute Gasteiger partial charge is 0.348 e. The van der Waals surface area contributed by atoms with E-state index in [1.165, 1.54) is 6.33 Å². The number of nitrogens with zero attached hydrogens (tertiary/aromatic N) is 4. The zero-order chi connectivity index (χ0) is 18.9. The second-order valence-corrected chi connectivity index (χ2v) is 6.55. The first kappa shape index (κ1) is 17.0. The molecule has 8 nitrogen and oxygen atoms in total. The Morgan fingerprint density at radius 3 is 2.70 bits per heavy atom. The van der Waals surface area contributed by atoms with Gasteiger partial charge < -0.3 is 20.5 Å². The first-order valence-corrected chi connectivity index (χ1v) is 8.65. The van der Waals surface area contributed by atoms with Crippen LogP contribution in [0.5, 0.6) is 5.75 Å². The van der Waals surface area contributed by atoms with Gasteiger partial charge in [0.2, 0.25) is 5.60 Å². The first-order chi connectivity index (χ1) is 13.1. The van der Waals surface area contributed by atoms with Crippen molar-refractivity contribution in [2.24, 2.45) is 0 Å². The second-order valence-electron chi connectivity index (χ2n) is 6.55. The van der Waals surface area contributed by atoms with Crippen LogP contribution in [-0.2, 0) is 4.79 Å². The number of carboxylic acid groups (broad SMARTS) is 1. The quantitative estimate of drug-likeness (QED) is 0.722. The van der Waals surface area contributed by atoms with Crippen LogP contribution in [0.1, 0.15) is 12.8 Å². The molecule has 3 heterocycles. The molecule has 8 heteroatoms. The Hall–Kier alpha value is -3.42. The van der Waals surface area contributed by atoms with Gasteiger partial charge in [0, 0.05) is 43.6 Å². The number of benzene rings is 1. The maximum atomic E-state index is 12.0. The summed E-state index contributed by atoms with van der Waals surface area (Å²) < 4.78 is 6.01. The van der Waals surface area contributed by atoms with Gasteiger partial charge in [0.15, 0.2) is 0 Å². The van der Waals surface area contributed by atoms with Gasteiger partial charge in [-0.05, 0) is 24.3 Å². The topological polar surface area (TPSA) is 114 Å². The molecule has 3 N–H and O–H groups in total. The van der Waals surface area contributed by atoms with Crippen molar-refractivity contribution in [3.05, 3.63) is 48.9 Å². The summed E-state index contributed by atoms with van der Waals surface area (Å²) in [4.78, 5) is 26.4. The fourth-order valence-electron chi connectivity index (χ4n) is 3.33. The number of piperidine rings is 1. The number of carboxylic acids is 1. The summed E-state index contributed by atoms with van der Waals surface area (Å²) in [7, 11) is 0. The van der Waals surface area contributed by atoms with Gasteiger partial charge in [0.05, 0.1) is 5.52 Å². The Balaban J connectivity index is 1.54. The molecule has 1 saturated heterocycles. The van der Waals surface area contributed by atoms with Crippen LogP contribution in [0.4, 0.5) is 11.6 Å². The zero-order valence-electron chi connectivity index (χ0n) is 14.6. The van der Waals surface area contributed by atoms with Gasteiger partial charge in [0.25, 0.3) is 0 Å². The van der Waals surface area contributed by atoms with E-state index in [0.717, 1.165) is 10.9 Å². The van der Waals surface area contributed by atoms with Gasteiger partial charge >= 0.3 is 5.97 Å². The van der Waals surface area contributed by atoms with E-state index in [-0.39, 0.29) is 0 Å². The highest BCUT2D eigenvalue weighted by Gasteiger charge is 2.44. The van der Waals surface area contributed by atoms with Crippen molar-refractivity contribution in [1.82, 2.24) is 15.0 Å². The molecule has 3 aromatic rings. The molecule has 0 bridgehead atoms. The second kappa shape index (κ2) is 6.71. The Kier molecular flexibility index (Phi) is 4.23.